The van der Waals surface area contributed by atoms with Gasteiger partial charge in [0.1, 0.15) is 18.1 Å². The van der Waals surface area contributed by atoms with Crippen molar-refractivity contribution in [2.45, 2.75) is 43.9 Å². The molecular formula is C25H28F4N2O5. The molecule has 0 aromatic heterocycles. The van der Waals surface area contributed by atoms with Crippen molar-refractivity contribution < 1.29 is 42.1 Å². The number of carbonyl (C=O) groups is 2. The SMILES string of the molecule is COc1ccc(F)cc1C(C)(C)CC(O)(C/C(N)=C/c1cccc(C(=O)NCC(=O)O)c1)C(F)(F)F. The summed E-state index contributed by atoms with van der Waals surface area (Å²) in [5.74, 6) is -2.42. The molecule has 0 fully saturated rings. The number of hydrogen-bond acceptors (Lipinski definition) is 5. The fraction of sp³-hybridized carbons (Fsp3) is 0.360. The third-order valence-corrected chi connectivity index (χ3v) is 5.55. The van der Waals surface area contributed by atoms with Crippen LogP contribution in [0, 0.1) is 5.82 Å². The number of aliphatic hydroxyl groups is 1. The Morgan fingerprint density at radius 3 is 2.39 bits per heavy atom. The third kappa shape index (κ3) is 7.20. The van der Waals surface area contributed by atoms with E-state index in [9.17, 15) is 32.3 Å². The predicted octanol–water partition coefficient (Wildman–Crippen LogP) is 4.00. The van der Waals surface area contributed by atoms with Crippen molar-refractivity contribution in [2.24, 2.45) is 5.73 Å². The third-order valence-electron chi connectivity index (χ3n) is 5.55. The molecule has 11 heteroatoms. The normalized spacial score (nSPS) is 14.2. The molecule has 0 spiro atoms. The van der Waals surface area contributed by atoms with Gasteiger partial charge >= 0.3 is 12.1 Å². The molecule has 2 aromatic carbocycles. The Hall–Kier alpha value is -3.60. The van der Waals surface area contributed by atoms with E-state index in [4.69, 9.17) is 15.6 Å². The van der Waals surface area contributed by atoms with Crippen LogP contribution in [0.2, 0.25) is 0 Å². The lowest BCUT2D eigenvalue weighted by atomic mass is 9.73. The van der Waals surface area contributed by atoms with Gasteiger partial charge in [-0.3, -0.25) is 9.59 Å². The topological polar surface area (TPSA) is 122 Å². The Morgan fingerprint density at radius 2 is 1.81 bits per heavy atom. The van der Waals surface area contributed by atoms with Crippen molar-refractivity contribution in [1.29, 1.82) is 0 Å². The predicted molar refractivity (Wildman–Crippen MR) is 125 cm³/mol. The molecule has 36 heavy (non-hydrogen) atoms. The summed E-state index contributed by atoms with van der Waals surface area (Å²) in [6.07, 6.45) is -5.75. The summed E-state index contributed by atoms with van der Waals surface area (Å²) < 4.78 is 61.3. The number of amides is 1. The van der Waals surface area contributed by atoms with E-state index in [2.05, 4.69) is 5.32 Å². The zero-order valence-corrected chi connectivity index (χ0v) is 19.9. The number of nitrogens with two attached hydrogens (primary N) is 1. The number of carboxylic acid groups (broad SMARTS) is 1. The number of hydrogen-bond donors (Lipinski definition) is 4. The zero-order chi connectivity index (χ0) is 27.3. The lowest BCUT2D eigenvalue weighted by Gasteiger charge is -2.38. The summed E-state index contributed by atoms with van der Waals surface area (Å²) >= 11 is 0. The van der Waals surface area contributed by atoms with Crippen LogP contribution in [-0.4, -0.2) is 47.5 Å². The number of alkyl halides is 3. The van der Waals surface area contributed by atoms with Gasteiger partial charge in [0.05, 0.1) is 7.11 Å². The lowest BCUT2D eigenvalue weighted by molar-refractivity contribution is -0.266. The van der Waals surface area contributed by atoms with Crippen LogP contribution in [0.5, 0.6) is 5.75 Å². The minimum atomic E-state index is -5.08. The average Bonchev–Trinajstić information content (AvgIpc) is 2.76. The second-order valence-corrected chi connectivity index (χ2v) is 9.03. The number of carboxylic acids is 1. The highest BCUT2D eigenvalue weighted by Gasteiger charge is 2.56. The molecule has 0 heterocycles. The molecular weight excluding hydrogens is 484 g/mol. The number of ether oxygens (including phenoxy) is 1. The van der Waals surface area contributed by atoms with Crippen LogP contribution in [0.25, 0.3) is 6.08 Å². The fourth-order valence-corrected chi connectivity index (χ4v) is 3.93. The van der Waals surface area contributed by atoms with Gasteiger partial charge in [0, 0.05) is 23.2 Å². The number of rotatable bonds is 10. The van der Waals surface area contributed by atoms with E-state index in [1.165, 1.54) is 57.4 Å². The Bertz CT molecular complexity index is 1150. The van der Waals surface area contributed by atoms with E-state index in [0.29, 0.717) is 0 Å². The molecule has 1 atom stereocenters. The molecule has 0 aliphatic rings. The molecule has 0 radical (unpaired) electrons. The number of methoxy groups -OCH3 is 1. The quantitative estimate of drug-likeness (QED) is 0.357. The highest BCUT2D eigenvalue weighted by Crippen LogP contribution is 2.46. The van der Waals surface area contributed by atoms with Crippen LogP contribution in [0.4, 0.5) is 17.6 Å². The van der Waals surface area contributed by atoms with Crippen LogP contribution in [0.3, 0.4) is 0 Å². The van der Waals surface area contributed by atoms with E-state index >= 15 is 0 Å². The van der Waals surface area contributed by atoms with Crippen molar-refractivity contribution in [3.05, 3.63) is 70.7 Å². The molecule has 0 aliphatic heterocycles. The maximum atomic E-state index is 14.1. The fourth-order valence-electron chi connectivity index (χ4n) is 3.93. The van der Waals surface area contributed by atoms with Gasteiger partial charge in [-0.15, -0.1) is 0 Å². The van der Waals surface area contributed by atoms with Gasteiger partial charge in [-0.1, -0.05) is 26.0 Å². The lowest BCUT2D eigenvalue weighted by Crippen LogP contribution is -2.50. The first-order valence-corrected chi connectivity index (χ1v) is 10.8. The second kappa shape index (κ2) is 11.0. The molecule has 196 valence electrons. The molecule has 1 unspecified atom stereocenters. The van der Waals surface area contributed by atoms with Crippen LogP contribution < -0.4 is 15.8 Å². The monoisotopic (exact) mass is 512 g/mol. The molecule has 2 rings (SSSR count). The van der Waals surface area contributed by atoms with Crippen molar-refractivity contribution in [2.75, 3.05) is 13.7 Å². The van der Waals surface area contributed by atoms with Gasteiger partial charge in [-0.25, -0.2) is 4.39 Å². The number of nitrogens with one attached hydrogen (secondary N) is 1. The van der Waals surface area contributed by atoms with Gasteiger partial charge in [0.15, 0.2) is 5.60 Å². The number of benzene rings is 2. The van der Waals surface area contributed by atoms with Crippen molar-refractivity contribution >= 4 is 18.0 Å². The van der Waals surface area contributed by atoms with Crippen LogP contribution in [0.15, 0.2) is 48.2 Å². The van der Waals surface area contributed by atoms with Gasteiger partial charge in [-0.2, -0.15) is 13.2 Å². The summed E-state index contributed by atoms with van der Waals surface area (Å²) in [6, 6.07) is 9.12. The summed E-state index contributed by atoms with van der Waals surface area (Å²) in [5, 5.41) is 21.6. The molecule has 1 amide bonds. The Kier molecular flexibility index (Phi) is 8.74. The summed E-state index contributed by atoms with van der Waals surface area (Å²) in [5.41, 5.74) is 1.41. The molecule has 0 saturated carbocycles. The van der Waals surface area contributed by atoms with Crippen LogP contribution in [-0.2, 0) is 10.2 Å². The highest BCUT2D eigenvalue weighted by atomic mass is 19.4. The van der Waals surface area contributed by atoms with E-state index in [1.54, 1.807) is 0 Å². The standard InChI is InChI=1S/C25H28F4N2O5/c1-23(2,19-11-17(26)7-8-20(19)36-3)14-24(35,25(27,28)29)12-18(30)10-15-5-4-6-16(9-15)22(34)31-13-21(32)33/h4-11,35H,12-14,30H2,1-3H3,(H,31,34)(H,32,33)/b18-10-. The minimum absolute atomic E-state index is 0.0724. The smallest absolute Gasteiger partial charge is 0.417 e. The molecule has 0 aliphatic carbocycles. The van der Waals surface area contributed by atoms with Crippen LogP contribution in [0.1, 0.15) is 48.2 Å². The van der Waals surface area contributed by atoms with Crippen molar-refractivity contribution in [1.82, 2.24) is 5.32 Å². The average molecular weight is 513 g/mol. The summed E-state index contributed by atoms with van der Waals surface area (Å²) in [7, 11) is 1.31. The summed E-state index contributed by atoms with van der Waals surface area (Å²) in [6.45, 7) is 2.26. The first-order chi connectivity index (χ1) is 16.6. The van der Waals surface area contributed by atoms with Gasteiger partial charge in [0.2, 0.25) is 0 Å². The highest BCUT2D eigenvalue weighted by molar-refractivity contribution is 5.96. The molecule has 5 N–H and O–H groups in total. The van der Waals surface area contributed by atoms with Gasteiger partial charge in [-0.05, 0) is 53.8 Å². The van der Waals surface area contributed by atoms with Crippen molar-refractivity contribution in [3.63, 3.8) is 0 Å². The molecule has 0 saturated heterocycles. The Morgan fingerprint density at radius 1 is 1.14 bits per heavy atom. The van der Waals surface area contributed by atoms with Crippen LogP contribution >= 0.6 is 0 Å². The van der Waals surface area contributed by atoms with Crippen molar-refractivity contribution in [3.8, 4) is 5.75 Å². The van der Waals surface area contributed by atoms with E-state index < -0.39 is 54.3 Å². The van der Waals surface area contributed by atoms with E-state index in [1.807, 2.05) is 0 Å². The summed E-state index contributed by atoms with van der Waals surface area (Å²) in [4.78, 5) is 22.7. The van der Waals surface area contributed by atoms with E-state index in [-0.39, 0.29) is 28.1 Å². The number of carbonyl (C=O) groups excluding carboxylic acids is 1. The maximum absolute atomic E-state index is 14.1. The Balaban J connectivity index is 2.35. The molecule has 7 nitrogen and oxygen atoms in total. The maximum Gasteiger partial charge on any atom is 0.417 e. The second-order valence-electron chi connectivity index (χ2n) is 9.03. The first kappa shape index (κ1) is 28.6. The number of halogens is 4. The largest absolute Gasteiger partial charge is 0.496 e. The molecule has 0 bridgehead atoms. The van der Waals surface area contributed by atoms with Gasteiger partial charge in [0.25, 0.3) is 5.91 Å². The number of aliphatic carboxylic acids is 1. The Labute approximate surface area is 205 Å². The first-order valence-electron chi connectivity index (χ1n) is 10.8. The van der Waals surface area contributed by atoms with Gasteiger partial charge < -0.3 is 26.0 Å². The van der Waals surface area contributed by atoms with E-state index in [0.717, 1.165) is 12.1 Å². The minimum Gasteiger partial charge on any atom is -0.496 e. The molecule has 2 aromatic rings. The zero-order valence-electron chi connectivity index (χ0n) is 19.9.